The predicted octanol–water partition coefficient (Wildman–Crippen LogP) is 3.07. The fourth-order valence-electron chi connectivity index (χ4n) is 3.05. The number of nitrogens with zero attached hydrogens (tertiary/aromatic N) is 2. The van der Waals surface area contributed by atoms with Crippen LogP contribution in [-0.4, -0.2) is 51.2 Å². The molecule has 5 nitrogen and oxygen atoms in total. The summed E-state index contributed by atoms with van der Waals surface area (Å²) in [5.41, 5.74) is 2.11. The summed E-state index contributed by atoms with van der Waals surface area (Å²) in [7, 11) is 3.20. The number of amides is 1. The van der Waals surface area contributed by atoms with E-state index >= 15 is 0 Å². The molecular formula is C21H24N2O3. The van der Waals surface area contributed by atoms with E-state index in [4.69, 9.17) is 9.47 Å². The highest BCUT2D eigenvalue weighted by Crippen LogP contribution is 2.28. The Morgan fingerprint density at radius 3 is 2.27 bits per heavy atom. The van der Waals surface area contributed by atoms with Crippen LogP contribution in [0.15, 0.2) is 54.6 Å². The van der Waals surface area contributed by atoms with Crippen LogP contribution in [-0.2, 0) is 4.79 Å². The quantitative estimate of drug-likeness (QED) is 0.776. The molecule has 136 valence electrons. The van der Waals surface area contributed by atoms with Gasteiger partial charge in [0.25, 0.3) is 0 Å². The smallest absolute Gasteiger partial charge is 0.246 e. The van der Waals surface area contributed by atoms with Gasteiger partial charge in [0.05, 0.1) is 14.2 Å². The van der Waals surface area contributed by atoms with Crippen molar-refractivity contribution < 1.29 is 14.3 Å². The summed E-state index contributed by atoms with van der Waals surface area (Å²) in [5.74, 6) is 1.36. The molecule has 1 saturated heterocycles. The molecule has 1 aliphatic rings. The second-order valence-electron chi connectivity index (χ2n) is 6.10. The number of rotatable bonds is 5. The van der Waals surface area contributed by atoms with Crippen LogP contribution in [0.2, 0.25) is 0 Å². The number of piperazine rings is 1. The molecule has 0 radical (unpaired) electrons. The van der Waals surface area contributed by atoms with Gasteiger partial charge in [-0.1, -0.05) is 24.3 Å². The zero-order chi connectivity index (χ0) is 18.4. The van der Waals surface area contributed by atoms with Crippen molar-refractivity contribution in [3.05, 3.63) is 60.2 Å². The third kappa shape index (κ3) is 4.17. The van der Waals surface area contributed by atoms with Crippen LogP contribution < -0.4 is 14.4 Å². The van der Waals surface area contributed by atoms with Crippen molar-refractivity contribution in [3.63, 3.8) is 0 Å². The van der Waals surface area contributed by atoms with E-state index in [0.717, 1.165) is 31.7 Å². The molecule has 0 N–H and O–H groups in total. The molecule has 3 rings (SSSR count). The van der Waals surface area contributed by atoms with Crippen molar-refractivity contribution in [3.8, 4) is 11.5 Å². The van der Waals surface area contributed by atoms with Gasteiger partial charge in [0.2, 0.25) is 5.91 Å². The average Bonchev–Trinajstić information content (AvgIpc) is 2.72. The van der Waals surface area contributed by atoms with Crippen LogP contribution in [0.25, 0.3) is 6.08 Å². The summed E-state index contributed by atoms with van der Waals surface area (Å²) >= 11 is 0. The van der Waals surface area contributed by atoms with Gasteiger partial charge in [-0.25, -0.2) is 0 Å². The van der Waals surface area contributed by atoms with Crippen LogP contribution in [0.1, 0.15) is 5.56 Å². The van der Waals surface area contributed by atoms with Crippen molar-refractivity contribution in [2.24, 2.45) is 0 Å². The Bertz CT molecular complexity index is 766. The molecule has 26 heavy (non-hydrogen) atoms. The monoisotopic (exact) mass is 352 g/mol. The van der Waals surface area contributed by atoms with Crippen LogP contribution in [0.3, 0.4) is 0 Å². The molecule has 5 heteroatoms. The zero-order valence-corrected chi connectivity index (χ0v) is 15.2. The lowest BCUT2D eigenvalue weighted by Crippen LogP contribution is -2.48. The van der Waals surface area contributed by atoms with Crippen LogP contribution in [0.5, 0.6) is 11.5 Å². The number of benzene rings is 2. The van der Waals surface area contributed by atoms with E-state index in [1.807, 2.05) is 47.4 Å². The summed E-state index contributed by atoms with van der Waals surface area (Å²) in [6.07, 6.45) is 3.44. The molecule has 0 aromatic heterocycles. The fourth-order valence-corrected chi connectivity index (χ4v) is 3.05. The number of methoxy groups -OCH3 is 2. The van der Waals surface area contributed by atoms with Crippen molar-refractivity contribution >= 4 is 17.7 Å². The molecule has 0 aliphatic carbocycles. The summed E-state index contributed by atoms with van der Waals surface area (Å²) in [6, 6.07) is 15.9. The largest absolute Gasteiger partial charge is 0.493 e. The van der Waals surface area contributed by atoms with Gasteiger partial charge >= 0.3 is 0 Å². The van der Waals surface area contributed by atoms with Crippen LogP contribution >= 0.6 is 0 Å². The van der Waals surface area contributed by atoms with Crippen molar-refractivity contribution in [2.75, 3.05) is 45.3 Å². The van der Waals surface area contributed by atoms with Gasteiger partial charge in [0.1, 0.15) is 0 Å². The lowest BCUT2D eigenvalue weighted by molar-refractivity contribution is -0.126. The Labute approximate surface area is 154 Å². The Morgan fingerprint density at radius 1 is 0.923 bits per heavy atom. The normalized spacial score (nSPS) is 14.5. The molecule has 2 aromatic carbocycles. The molecule has 1 heterocycles. The molecule has 1 amide bonds. The van der Waals surface area contributed by atoms with Crippen LogP contribution in [0.4, 0.5) is 5.69 Å². The van der Waals surface area contributed by atoms with Gasteiger partial charge in [0, 0.05) is 37.9 Å². The van der Waals surface area contributed by atoms with E-state index < -0.39 is 0 Å². The van der Waals surface area contributed by atoms with E-state index in [1.165, 1.54) is 5.69 Å². The highest BCUT2D eigenvalue weighted by Gasteiger charge is 2.19. The highest BCUT2D eigenvalue weighted by molar-refractivity contribution is 5.92. The van der Waals surface area contributed by atoms with Gasteiger partial charge in [-0.2, -0.15) is 0 Å². The van der Waals surface area contributed by atoms with E-state index in [2.05, 4.69) is 17.0 Å². The molecular weight excluding hydrogens is 328 g/mol. The van der Waals surface area contributed by atoms with Crippen molar-refractivity contribution in [2.45, 2.75) is 0 Å². The molecule has 0 unspecified atom stereocenters. The molecule has 0 bridgehead atoms. The minimum atomic E-state index is 0.0347. The van der Waals surface area contributed by atoms with Gasteiger partial charge in [-0.15, -0.1) is 0 Å². The first kappa shape index (κ1) is 17.9. The predicted molar refractivity (Wildman–Crippen MR) is 104 cm³/mol. The maximum Gasteiger partial charge on any atom is 0.246 e. The second kappa shape index (κ2) is 8.43. The molecule has 0 spiro atoms. The number of hydrogen-bond donors (Lipinski definition) is 0. The highest BCUT2D eigenvalue weighted by atomic mass is 16.5. The maximum absolute atomic E-state index is 12.5. The number of hydrogen-bond acceptors (Lipinski definition) is 4. The maximum atomic E-state index is 12.5. The third-order valence-electron chi connectivity index (χ3n) is 4.54. The molecule has 0 saturated carbocycles. The van der Waals surface area contributed by atoms with Crippen molar-refractivity contribution in [1.29, 1.82) is 0 Å². The van der Waals surface area contributed by atoms with E-state index in [9.17, 15) is 4.79 Å². The van der Waals surface area contributed by atoms with Gasteiger partial charge in [-0.05, 0) is 35.9 Å². The first-order valence-corrected chi connectivity index (χ1v) is 8.70. The number of ether oxygens (including phenoxy) is 2. The van der Waals surface area contributed by atoms with Gasteiger partial charge in [-0.3, -0.25) is 4.79 Å². The summed E-state index contributed by atoms with van der Waals surface area (Å²) in [6.45, 7) is 3.15. The molecule has 1 fully saturated rings. The molecule has 0 atom stereocenters. The Balaban J connectivity index is 1.58. The number of carbonyl (C=O) groups is 1. The molecule has 2 aromatic rings. The minimum Gasteiger partial charge on any atom is -0.493 e. The summed E-state index contributed by atoms with van der Waals surface area (Å²) in [5, 5.41) is 0. The van der Waals surface area contributed by atoms with Crippen LogP contribution in [0, 0.1) is 0 Å². The Kier molecular flexibility index (Phi) is 5.79. The van der Waals surface area contributed by atoms with Gasteiger partial charge in [0.15, 0.2) is 11.5 Å². The standard InChI is InChI=1S/C21H24N2O3/c1-25-19-10-8-17(16-20(19)26-2)9-11-21(24)23-14-12-22(13-15-23)18-6-4-3-5-7-18/h3-11,16H,12-15H2,1-2H3/b11-9-. The lowest BCUT2D eigenvalue weighted by atomic mass is 10.1. The zero-order valence-electron chi connectivity index (χ0n) is 15.2. The Morgan fingerprint density at radius 2 is 1.62 bits per heavy atom. The lowest BCUT2D eigenvalue weighted by Gasteiger charge is -2.35. The van der Waals surface area contributed by atoms with Crippen molar-refractivity contribution in [1.82, 2.24) is 4.90 Å². The minimum absolute atomic E-state index is 0.0347. The average molecular weight is 352 g/mol. The van der Waals surface area contributed by atoms with Gasteiger partial charge < -0.3 is 19.3 Å². The molecule has 1 aliphatic heterocycles. The fraction of sp³-hybridized carbons (Fsp3) is 0.286. The first-order chi connectivity index (χ1) is 12.7. The third-order valence-corrected chi connectivity index (χ3v) is 4.54. The Hall–Kier alpha value is -2.95. The number of carbonyl (C=O) groups excluding carboxylic acids is 1. The topological polar surface area (TPSA) is 42.0 Å². The first-order valence-electron chi connectivity index (χ1n) is 8.70. The number of anilines is 1. The summed E-state index contributed by atoms with van der Waals surface area (Å²) in [4.78, 5) is 16.6. The summed E-state index contributed by atoms with van der Waals surface area (Å²) < 4.78 is 10.5. The second-order valence-corrected chi connectivity index (χ2v) is 6.10. The van der Waals surface area contributed by atoms with E-state index in [0.29, 0.717) is 11.5 Å². The SMILES string of the molecule is COc1ccc(/C=C\C(=O)N2CCN(c3ccccc3)CC2)cc1OC. The van der Waals surface area contributed by atoms with E-state index in [1.54, 1.807) is 20.3 Å². The number of para-hydroxylation sites is 1. The van der Waals surface area contributed by atoms with E-state index in [-0.39, 0.29) is 5.91 Å².